The van der Waals surface area contributed by atoms with Gasteiger partial charge in [0.15, 0.2) is 0 Å². The first-order valence-corrected chi connectivity index (χ1v) is 10.7. The number of hydrogen-bond donors (Lipinski definition) is 1. The van der Waals surface area contributed by atoms with Gasteiger partial charge >= 0.3 is 0 Å². The highest BCUT2D eigenvalue weighted by Crippen LogP contribution is 2.44. The third-order valence-corrected chi connectivity index (χ3v) is 6.95. The standard InChI is InChI=1S/C11H12BrNO.C11H10BrN.HI.H2/c12-9-4-2-8(3-5-9)11(10(13)14)6-1-7-11;12-10-4-2-9(3-5-10)11(8-13)6-1-7-11;;/h2-5H,1,6-7H2,(H2,13,14);2-5H,1,6-7H2;2*1H. The molecule has 0 atom stereocenters. The number of halogens is 3. The molecule has 2 saturated carbocycles. The normalized spacial score (nSPS) is 18.0. The molecule has 2 aromatic carbocycles. The lowest BCUT2D eigenvalue weighted by atomic mass is 9.64. The third-order valence-electron chi connectivity index (χ3n) is 5.89. The Kier molecular flexibility index (Phi) is 8.12. The number of carbonyl (C=O) groups excluding carboxylic acids is 1. The van der Waals surface area contributed by atoms with Crippen molar-refractivity contribution in [1.82, 2.24) is 0 Å². The van der Waals surface area contributed by atoms with Gasteiger partial charge in [0.25, 0.3) is 0 Å². The highest BCUT2D eigenvalue weighted by Gasteiger charge is 2.44. The lowest BCUT2D eigenvalue weighted by Crippen LogP contribution is -2.46. The fraction of sp³-hybridized carbons (Fsp3) is 0.364. The zero-order valence-corrected chi connectivity index (χ0v) is 21.0. The molecule has 28 heavy (non-hydrogen) atoms. The summed E-state index contributed by atoms with van der Waals surface area (Å²) < 4.78 is 2.10. The molecular formula is C22H25Br2IN2O. The molecule has 2 aliphatic carbocycles. The molecular weight excluding hydrogens is 595 g/mol. The summed E-state index contributed by atoms with van der Waals surface area (Å²) >= 11 is 6.76. The zero-order valence-electron chi connectivity index (χ0n) is 15.5. The van der Waals surface area contributed by atoms with E-state index < -0.39 is 0 Å². The molecule has 3 nitrogen and oxygen atoms in total. The summed E-state index contributed by atoms with van der Waals surface area (Å²) in [5, 5.41) is 9.10. The highest BCUT2D eigenvalue weighted by atomic mass is 127. The lowest BCUT2D eigenvalue weighted by Gasteiger charge is -2.39. The Labute approximate surface area is 201 Å². The van der Waals surface area contributed by atoms with Crippen LogP contribution in [0.1, 0.15) is 51.1 Å². The van der Waals surface area contributed by atoms with E-state index in [0.717, 1.165) is 46.6 Å². The summed E-state index contributed by atoms with van der Waals surface area (Å²) in [7, 11) is 0. The minimum atomic E-state index is -0.374. The third kappa shape index (κ3) is 4.63. The average molecular weight is 620 g/mol. The van der Waals surface area contributed by atoms with Crippen LogP contribution in [0.5, 0.6) is 0 Å². The summed E-state index contributed by atoms with van der Waals surface area (Å²) in [4.78, 5) is 11.4. The number of amides is 1. The van der Waals surface area contributed by atoms with Gasteiger partial charge in [-0.2, -0.15) is 5.26 Å². The molecule has 0 spiro atoms. The van der Waals surface area contributed by atoms with E-state index in [1.54, 1.807) is 0 Å². The molecule has 0 heterocycles. The van der Waals surface area contributed by atoms with Gasteiger partial charge in [0, 0.05) is 10.4 Å². The van der Waals surface area contributed by atoms with Gasteiger partial charge in [-0.15, -0.1) is 24.0 Å². The molecule has 0 saturated heterocycles. The van der Waals surface area contributed by atoms with Crippen LogP contribution in [0.4, 0.5) is 0 Å². The number of rotatable bonds is 3. The first-order valence-electron chi connectivity index (χ1n) is 9.15. The van der Waals surface area contributed by atoms with Crippen molar-refractivity contribution in [1.29, 1.82) is 5.26 Å². The summed E-state index contributed by atoms with van der Waals surface area (Å²) in [6.45, 7) is 0. The smallest absolute Gasteiger partial charge is 0.228 e. The van der Waals surface area contributed by atoms with Crippen molar-refractivity contribution in [3.8, 4) is 6.07 Å². The second-order valence-corrected chi connectivity index (χ2v) is 9.19. The lowest BCUT2D eigenvalue weighted by molar-refractivity contribution is -0.126. The molecule has 2 fully saturated rings. The zero-order chi connectivity index (χ0) is 19.5. The molecule has 2 aromatic rings. The molecule has 0 aromatic heterocycles. The minimum absolute atomic E-state index is 0. The number of hydrogen-bond acceptors (Lipinski definition) is 2. The Balaban J connectivity index is 0.000000272. The Morgan fingerprint density at radius 1 is 0.893 bits per heavy atom. The van der Waals surface area contributed by atoms with Gasteiger partial charge in [-0.05, 0) is 67.5 Å². The van der Waals surface area contributed by atoms with E-state index in [-0.39, 0.29) is 42.1 Å². The predicted octanol–water partition coefficient (Wildman–Crippen LogP) is 6.61. The maximum Gasteiger partial charge on any atom is 0.228 e. The van der Waals surface area contributed by atoms with Crippen LogP contribution in [-0.2, 0) is 15.6 Å². The Bertz CT molecular complexity index is 858. The molecule has 0 aliphatic heterocycles. The molecule has 2 aliphatic rings. The predicted molar refractivity (Wildman–Crippen MR) is 132 cm³/mol. The van der Waals surface area contributed by atoms with Crippen LogP contribution in [0.15, 0.2) is 57.5 Å². The van der Waals surface area contributed by atoms with Gasteiger partial charge in [-0.1, -0.05) is 62.5 Å². The Hall–Kier alpha value is -0.910. The van der Waals surface area contributed by atoms with Crippen LogP contribution >= 0.6 is 55.8 Å². The van der Waals surface area contributed by atoms with Crippen LogP contribution in [0.25, 0.3) is 0 Å². The maximum absolute atomic E-state index is 11.4. The topological polar surface area (TPSA) is 66.9 Å². The summed E-state index contributed by atoms with van der Waals surface area (Å²) in [5.41, 5.74) is 7.14. The average Bonchev–Trinajstić information content (AvgIpc) is 2.57. The Morgan fingerprint density at radius 2 is 1.32 bits per heavy atom. The Morgan fingerprint density at radius 3 is 1.61 bits per heavy atom. The van der Waals surface area contributed by atoms with Crippen molar-refractivity contribution in [3.05, 3.63) is 68.6 Å². The van der Waals surface area contributed by atoms with Crippen LogP contribution < -0.4 is 5.73 Å². The van der Waals surface area contributed by atoms with Gasteiger partial charge in [0.2, 0.25) is 5.91 Å². The van der Waals surface area contributed by atoms with Crippen molar-refractivity contribution in [2.75, 3.05) is 0 Å². The summed E-state index contributed by atoms with van der Waals surface area (Å²) in [5.74, 6) is -0.189. The highest BCUT2D eigenvalue weighted by molar-refractivity contribution is 14.0. The van der Waals surface area contributed by atoms with E-state index in [2.05, 4.69) is 37.9 Å². The van der Waals surface area contributed by atoms with Crippen molar-refractivity contribution in [3.63, 3.8) is 0 Å². The molecule has 2 N–H and O–H groups in total. The number of primary amides is 1. The van der Waals surface area contributed by atoms with E-state index in [9.17, 15) is 4.79 Å². The largest absolute Gasteiger partial charge is 0.369 e. The maximum atomic E-state index is 11.4. The van der Waals surface area contributed by atoms with Crippen molar-refractivity contribution < 1.29 is 6.22 Å². The van der Waals surface area contributed by atoms with Gasteiger partial charge in [-0.3, -0.25) is 4.79 Å². The molecule has 6 heteroatoms. The molecule has 150 valence electrons. The fourth-order valence-electron chi connectivity index (χ4n) is 3.74. The van der Waals surface area contributed by atoms with Crippen molar-refractivity contribution >= 4 is 61.7 Å². The van der Waals surface area contributed by atoms with Gasteiger partial charge < -0.3 is 5.73 Å². The van der Waals surface area contributed by atoms with Crippen LogP contribution in [0.2, 0.25) is 0 Å². The van der Waals surface area contributed by atoms with Crippen molar-refractivity contribution in [2.45, 2.75) is 49.4 Å². The number of nitrogens with zero attached hydrogens (tertiary/aromatic N) is 1. The monoisotopic (exact) mass is 618 g/mol. The molecule has 0 radical (unpaired) electrons. The number of nitrogens with two attached hydrogens (primary N) is 1. The second-order valence-electron chi connectivity index (χ2n) is 7.36. The van der Waals surface area contributed by atoms with E-state index in [1.807, 2.05) is 48.5 Å². The van der Waals surface area contributed by atoms with Gasteiger partial charge in [0.05, 0.1) is 16.9 Å². The molecule has 1 amide bonds. The van der Waals surface area contributed by atoms with Crippen LogP contribution in [0, 0.1) is 11.3 Å². The summed E-state index contributed by atoms with van der Waals surface area (Å²) in [6.07, 6.45) is 6.10. The number of carbonyl (C=O) groups is 1. The van der Waals surface area contributed by atoms with Crippen LogP contribution in [-0.4, -0.2) is 5.91 Å². The van der Waals surface area contributed by atoms with E-state index >= 15 is 0 Å². The fourth-order valence-corrected chi connectivity index (χ4v) is 4.27. The first-order chi connectivity index (χ1) is 12.9. The van der Waals surface area contributed by atoms with Crippen LogP contribution in [0.3, 0.4) is 0 Å². The van der Waals surface area contributed by atoms with E-state index in [1.165, 1.54) is 12.0 Å². The molecule has 0 bridgehead atoms. The quantitative estimate of drug-likeness (QED) is 0.393. The molecule has 4 rings (SSSR count). The number of benzene rings is 2. The summed E-state index contributed by atoms with van der Waals surface area (Å²) in [6, 6.07) is 18.4. The minimum Gasteiger partial charge on any atom is -0.369 e. The van der Waals surface area contributed by atoms with Crippen molar-refractivity contribution in [2.24, 2.45) is 5.73 Å². The SMILES string of the molecule is I.N#CC1(c2ccc(Br)cc2)CCC1.NC(=O)C1(c2ccc(Br)cc2)CCC1.[HH]. The first kappa shape index (κ1) is 23.4. The van der Waals surface area contributed by atoms with Gasteiger partial charge in [0.1, 0.15) is 0 Å². The number of nitriles is 1. The molecule has 0 unspecified atom stereocenters. The van der Waals surface area contributed by atoms with E-state index in [4.69, 9.17) is 11.0 Å². The van der Waals surface area contributed by atoms with E-state index in [0.29, 0.717) is 0 Å². The second kappa shape index (κ2) is 9.73. The van der Waals surface area contributed by atoms with Gasteiger partial charge in [-0.25, -0.2) is 0 Å².